The SMILES string of the molecule is CCC(C)C1NC(=O)C2CCCN2C(=O)C2CCCN2C(=O)C(CC(C)C)NC(=O)CNC(=O)C2CCCN2C(=O)C2CCCN2C(=O)C(Cc2ccccc2)NC1=O. The summed E-state index contributed by atoms with van der Waals surface area (Å²) in [6.45, 7) is 8.39. The molecule has 59 heavy (non-hydrogen) atoms. The van der Waals surface area contributed by atoms with Crippen LogP contribution in [0, 0.1) is 11.8 Å². The molecule has 1 aromatic rings. The minimum atomic E-state index is -1.07. The highest BCUT2D eigenvalue weighted by atomic mass is 16.2. The first-order valence-electron chi connectivity index (χ1n) is 21.7. The fourth-order valence-corrected chi connectivity index (χ4v) is 9.45. The van der Waals surface area contributed by atoms with E-state index in [1.807, 2.05) is 58.0 Å². The van der Waals surface area contributed by atoms with Crippen molar-refractivity contribution in [2.45, 2.75) is 141 Å². The molecule has 8 unspecified atom stereocenters. The molecule has 6 rings (SSSR count). The minimum Gasteiger partial charge on any atom is -0.345 e. The number of carbonyl (C=O) groups excluding carboxylic acids is 8. The molecule has 1 aromatic carbocycles. The van der Waals surface area contributed by atoms with E-state index in [9.17, 15) is 38.4 Å². The van der Waals surface area contributed by atoms with Crippen LogP contribution < -0.4 is 21.3 Å². The lowest BCUT2D eigenvalue weighted by molar-refractivity contribution is -0.149. The van der Waals surface area contributed by atoms with Crippen molar-refractivity contribution >= 4 is 47.3 Å². The van der Waals surface area contributed by atoms with Crippen molar-refractivity contribution in [3.63, 3.8) is 0 Å². The van der Waals surface area contributed by atoms with Crippen molar-refractivity contribution in [2.75, 3.05) is 32.7 Å². The zero-order valence-corrected chi connectivity index (χ0v) is 35.0. The third-order valence-corrected chi connectivity index (χ3v) is 12.8. The first kappa shape index (κ1) is 43.6. The van der Waals surface area contributed by atoms with E-state index >= 15 is 0 Å². The van der Waals surface area contributed by atoms with Crippen molar-refractivity contribution in [3.8, 4) is 0 Å². The predicted octanol–water partition coefficient (Wildman–Crippen LogP) is 0.870. The number of hydrogen-bond acceptors (Lipinski definition) is 8. The summed E-state index contributed by atoms with van der Waals surface area (Å²) in [5.41, 5.74) is 0.792. The van der Waals surface area contributed by atoms with Crippen LogP contribution in [0.2, 0.25) is 0 Å². The van der Waals surface area contributed by atoms with Crippen molar-refractivity contribution < 1.29 is 38.4 Å². The van der Waals surface area contributed by atoms with E-state index in [2.05, 4.69) is 21.3 Å². The molecule has 0 aliphatic carbocycles. The van der Waals surface area contributed by atoms with Gasteiger partial charge in [-0.1, -0.05) is 64.4 Å². The van der Waals surface area contributed by atoms with Gasteiger partial charge in [-0.05, 0) is 75.2 Å². The van der Waals surface area contributed by atoms with Crippen LogP contribution in [0.4, 0.5) is 0 Å². The van der Waals surface area contributed by atoms with E-state index in [1.54, 1.807) is 0 Å². The van der Waals surface area contributed by atoms with Crippen LogP contribution in [0.1, 0.15) is 97.5 Å². The molecule has 5 aliphatic heterocycles. The second-order valence-corrected chi connectivity index (χ2v) is 17.3. The quantitative estimate of drug-likeness (QED) is 0.325. The number of amides is 8. The molecule has 0 saturated carbocycles. The highest BCUT2D eigenvalue weighted by molar-refractivity contribution is 5.99. The fourth-order valence-electron chi connectivity index (χ4n) is 9.45. The second-order valence-electron chi connectivity index (χ2n) is 17.3. The highest BCUT2D eigenvalue weighted by Crippen LogP contribution is 2.28. The summed E-state index contributed by atoms with van der Waals surface area (Å²) >= 11 is 0. The van der Waals surface area contributed by atoms with Crippen molar-refractivity contribution in [3.05, 3.63) is 35.9 Å². The number of nitrogens with zero attached hydrogens (tertiary/aromatic N) is 4. The molecule has 16 heteroatoms. The monoisotopic (exact) mass is 818 g/mol. The molecule has 0 bridgehead atoms. The molecule has 5 aliphatic rings. The fraction of sp³-hybridized carbons (Fsp3) is 0.674. The van der Waals surface area contributed by atoms with Crippen molar-refractivity contribution in [1.29, 1.82) is 0 Å². The lowest BCUT2D eigenvalue weighted by Gasteiger charge is -2.35. The molecule has 0 aromatic heterocycles. The van der Waals surface area contributed by atoms with Gasteiger partial charge in [0.2, 0.25) is 47.3 Å². The lowest BCUT2D eigenvalue weighted by atomic mass is 9.96. The summed E-state index contributed by atoms with van der Waals surface area (Å²) in [5, 5.41) is 11.4. The smallest absolute Gasteiger partial charge is 0.246 e. The summed E-state index contributed by atoms with van der Waals surface area (Å²) in [5.74, 6) is -3.97. The van der Waals surface area contributed by atoms with Crippen molar-refractivity contribution in [1.82, 2.24) is 40.9 Å². The van der Waals surface area contributed by atoms with E-state index in [0.717, 1.165) is 5.56 Å². The number of carbonyl (C=O) groups is 8. The van der Waals surface area contributed by atoms with Gasteiger partial charge >= 0.3 is 0 Å². The van der Waals surface area contributed by atoms with E-state index in [4.69, 9.17) is 0 Å². The largest absolute Gasteiger partial charge is 0.345 e. The molecule has 8 amide bonds. The van der Waals surface area contributed by atoms with Gasteiger partial charge in [0.05, 0.1) is 6.54 Å². The van der Waals surface area contributed by atoms with E-state index in [-0.39, 0.29) is 36.6 Å². The van der Waals surface area contributed by atoms with Crippen LogP contribution in [0.25, 0.3) is 0 Å². The molecule has 0 radical (unpaired) electrons. The maximum Gasteiger partial charge on any atom is 0.246 e. The van der Waals surface area contributed by atoms with Crippen LogP contribution in [-0.2, 0) is 44.8 Å². The Morgan fingerprint density at radius 3 is 1.59 bits per heavy atom. The third kappa shape index (κ3) is 9.89. The molecule has 5 saturated heterocycles. The van der Waals surface area contributed by atoms with Gasteiger partial charge in [-0.2, -0.15) is 0 Å². The first-order valence-corrected chi connectivity index (χ1v) is 21.7. The summed E-state index contributed by atoms with van der Waals surface area (Å²) in [6.07, 6.45) is 4.76. The van der Waals surface area contributed by atoms with Gasteiger partial charge in [-0.25, -0.2) is 0 Å². The Morgan fingerprint density at radius 1 is 0.576 bits per heavy atom. The first-order chi connectivity index (χ1) is 28.3. The number of hydrogen-bond donors (Lipinski definition) is 4. The Kier molecular flexibility index (Phi) is 14.3. The summed E-state index contributed by atoms with van der Waals surface area (Å²) in [6, 6.07) is 2.79. The summed E-state index contributed by atoms with van der Waals surface area (Å²) in [7, 11) is 0. The normalized spacial score (nSPS) is 29.9. The van der Waals surface area contributed by atoms with Crippen LogP contribution in [-0.4, -0.2) is 142 Å². The van der Waals surface area contributed by atoms with Crippen LogP contribution >= 0.6 is 0 Å². The molecule has 4 N–H and O–H groups in total. The van der Waals surface area contributed by atoms with E-state index in [1.165, 1.54) is 19.6 Å². The summed E-state index contributed by atoms with van der Waals surface area (Å²) < 4.78 is 0. The molecular formula is C43H62N8O8. The molecule has 16 nitrogen and oxygen atoms in total. The molecule has 5 heterocycles. The Balaban J connectivity index is 1.34. The van der Waals surface area contributed by atoms with Gasteiger partial charge in [0, 0.05) is 32.6 Å². The second kappa shape index (κ2) is 19.4. The average Bonchev–Trinajstić information content (AvgIpc) is 4.07. The standard InChI is InChI=1S/C43H62N8O8/c1-5-27(4)36-39(55)46-30(24-28-13-7-6-8-14-28)41(57)51-22-12-17-33(51)42(58)48-19-9-15-31(48)37(53)44-25-35(52)45-29(23-26(2)3)40(56)50-21-11-18-34(50)43(59)49-20-10-16-32(49)38(54)47-36/h6-8,13-14,26-27,29-34,36H,5,9-12,15-25H2,1-4H3,(H,44,53)(H,45,52)(H,46,55)(H,47,54). The molecule has 5 fully saturated rings. The van der Waals surface area contributed by atoms with Crippen molar-refractivity contribution in [2.24, 2.45) is 11.8 Å². The van der Waals surface area contributed by atoms with Gasteiger partial charge in [0.25, 0.3) is 0 Å². The zero-order valence-electron chi connectivity index (χ0n) is 35.0. The maximum atomic E-state index is 14.6. The molecule has 0 spiro atoms. The predicted molar refractivity (Wildman–Crippen MR) is 217 cm³/mol. The molecule has 322 valence electrons. The van der Waals surface area contributed by atoms with Gasteiger partial charge in [-0.15, -0.1) is 0 Å². The topological polar surface area (TPSA) is 198 Å². The van der Waals surface area contributed by atoms with Crippen LogP contribution in [0.15, 0.2) is 30.3 Å². The number of benzene rings is 1. The maximum absolute atomic E-state index is 14.6. The number of nitrogens with one attached hydrogen (secondary N) is 4. The Labute approximate surface area is 346 Å². The number of rotatable bonds is 6. The Bertz CT molecular complexity index is 1760. The van der Waals surface area contributed by atoms with Gasteiger partial charge in [0.1, 0.15) is 42.3 Å². The Hall–Kier alpha value is -5.02. The van der Waals surface area contributed by atoms with Gasteiger partial charge in [-0.3, -0.25) is 38.4 Å². The lowest BCUT2D eigenvalue weighted by Crippen LogP contribution is -2.61. The average molecular weight is 819 g/mol. The van der Waals surface area contributed by atoms with Gasteiger partial charge < -0.3 is 40.9 Å². The van der Waals surface area contributed by atoms with E-state index < -0.39 is 84.3 Å². The molecular weight excluding hydrogens is 757 g/mol. The van der Waals surface area contributed by atoms with Crippen LogP contribution in [0.3, 0.4) is 0 Å². The van der Waals surface area contributed by atoms with Gasteiger partial charge in [0.15, 0.2) is 0 Å². The highest BCUT2D eigenvalue weighted by Gasteiger charge is 2.46. The van der Waals surface area contributed by atoms with E-state index in [0.29, 0.717) is 83.8 Å². The zero-order chi connectivity index (χ0) is 42.4. The minimum absolute atomic E-state index is 0.0125. The third-order valence-electron chi connectivity index (χ3n) is 12.8. The summed E-state index contributed by atoms with van der Waals surface area (Å²) in [4.78, 5) is 119. The number of fused-ring (bicyclic) bond motifs is 4. The Morgan fingerprint density at radius 2 is 1.07 bits per heavy atom. The molecule has 8 atom stereocenters. The van der Waals surface area contributed by atoms with Crippen LogP contribution in [0.5, 0.6) is 0 Å².